The van der Waals surface area contributed by atoms with Gasteiger partial charge in [-0.25, -0.2) is 4.39 Å². The highest BCUT2D eigenvalue weighted by atomic mass is 32.1. The van der Waals surface area contributed by atoms with E-state index in [-0.39, 0.29) is 17.7 Å². The van der Waals surface area contributed by atoms with E-state index < -0.39 is 0 Å². The Morgan fingerprint density at radius 3 is 2.62 bits per heavy atom. The Morgan fingerprint density at radius 2 is 2.00 bits per heavy atom. The van der Waals surface area contributed by atoms with Crippen LogP contribution in [0, 0.1) is 16.5 Å². The molecule has 0 spiro atoms. The largest absolute Gasteiger partial charge is 0.466 e. The number of ether oxygens (including phenoxy) is 1. The number of quaternary nitrogens is 1. The molecule has 140 valence electrons. The maximum atomic E-state index is 13.1. The number of halogens is 1. The van der Waals surface area contributed by atoms with Crippen LogP contribution in [0.5, 0.6) is 0 Å². The second kappa shape index (κ2) is 8.09. The standard InChI is InChI=1S/C18H23FN4O2S/c1-3-25-17(24)14-8-10-22(11-9-14)12-23-18(26)21(2)16(20-23)13-4-6-15(19)7-5-13/h4-7,14H,3,8-12H2,1-2H3/p+1. The van der Waals surface area contributed by atoms with Gasteiger partial charge in [0, 0.05) is 25.5 Å². The summed E-state index contributed by atoms with van der Waals surface area (Å²) in [5, 5.41) is 4.63. The number of aromatic nitrogens is 3. The van der Waals surface area contributed by atoms with Gasteiger partial charge in [-0.15, -0.1) is 5.10 Å². The number of likely N-dealkylation sites (tertiary alicyclic amines) is 1. The van der Waals surface area contributed by atoms with Crippen molar-refractivity contribution in [2.45, 2.75) is 26.4 Å². The molecule has 26 heavy (non-hydrogen) atoms. The van der Waals surface area contributed by atoms with Crippen molar-refractivity contribution in [2.75, 3.05) is 19.7 Å². The Morgan fingerprint density at radius 1 is 1.35 bits per heavy atom. The van der Waals surface area contributed by atoms with Crippen molar-refractivity contribution >= 4 is 18.2 Å². The molecule has 0 amide bonds. The summed E-state index contributed by atoms with van der Waals surface area (Å²) in [6.45, 7) is 4.69. The summed E-state index contributed by atoms with van der Waals surface area (Å²) < 4.78 is 22.5. The van der Waals surface area contributed by atoms with Crippen LogP contribution in [-0.2, 0) is 23.2 Å². The van der Waals surface area contributed by atoms with Crippen molar-refractivity contribution in [2.24, 2.45) is 13.0 Å². The van der Waals surface area contributed by atoms with Crippen LogP contribution < -0.4 is 4.90 Å². The Labute approximate surface area is 157 Å². The molecule has 0 aliphatic carbocycles. The maximum absolute atomic E-state index is 13.1. The molecule has 0 bridgehead atoms. The lowest BCUT2D eigenvalue weighted by Crippen LogP contribution is -3.12. The highest BCUT2D eigenvalue weighted by Crippen LogP contribution is 2.17. The SMILES string of the molecule is CCOC(=O)C1CC[NH+](Cn2nc(-c3ccc(F)cc3)n(C)c2=S)CC1. The minimum atomic E-state index is -0.275. The fraction of sp³-hybridized carbons (Fsp3) is 0.500. The number of carbonyl (C=O) groups excluding carboxylic acids is 1. The van der Waals surface area contributed by atoms with Crippen LogP contribution >= 0.6 is 12.2 Å². The minimum Gasteiger partial charge on any atom is -0.466 e. The lowest BCUT2D eigenvalue weighted by molar-refractivity contribution is -0.929. The molecule has 0 unspecified atom stereocenters. The highest BCUT2D eigenvalue weighted by molar-refractivity contribution is 7.71. The smallest absolute Gasteiger partial charge is 0.309 e. The summed E-state index contributed by atoms with van der Waals surface area (Å²) in [4.78, 5) is 13.2. The van der Waals surface area contributed by atoms with Gasteiger partial charge < -0.3 is 14.2 Å². The van der Waals surface area contributed by atoms with Crippen LogP contribution in [0.4, 0.5) is 4.39 Å². The van der Waals surface area contributed by atoms with Gasteiger partial charge in [0.15, 0.2) is 12.5 Å². The van der Waals surface area contributed by atoms with Gasteiger partial charge >= 0.3 is 5.97 Å². The molecule has 0 saturated carbocycles. The van der Waals surface area contributed by atoms with E-state index in [1.165, 1.54) is 17.0 Å². The van der Waals surface area contributed by atoms with Crippen molar-refractivity contribution in [1.29, 1.82) is 0 Å². The number of hydrogen-bond donors (Lipinski definition) is 1. The minimum absolute atomic E-state index is 0.00480. The van der Waals surface area contributed by atoms with E-state index in [0.29, 0.717) is 18.0 Å². The zero-order chi connectivity index (χ0) is 18.7. The van der Waals surface area contributed by atoms with Crippen LogP contribution in [0.2, 0.25) is 0 Å². The molecule has 2 aromatic rings. The zero-order valence-electron chi connectivity index (χ0n) is 15.1. The van der Waals surface area contributed by atoms with E-state index in [0.717, 1.165) is 37.3 Å². The second-order valence-electron chi connectivity index (χ2n) is 6.61. The third kappa shape index (κ3) is 4.02. The van der Waals surface area contributed by atoms with Gasteiger partial charge in [0.05, 0.1) is 25.6 Å². The van der Waals surface area contributed by atoms with E-state index in [9.17, 15) is 9.18 Å². The quantitative estimate of drug-likeness (QED) is 0.633. The average molecular weight is 379 g/mol. The summed E-state index contributed by atoms with van der Waals surface area (Å²) in [5.41, 5.74) is 0.828. The predicted octanol–water partition coefficient (Wildman–Crippen LogP) is 1.57. The summed E-state index contributed by atoms with van der Waals surface area (Å²) in [6, 6.07) is 6.24. The molecule has 1 aromatic heterocycles. The predicted molar refractivity (Wildman–Crippen MR) is 97.5 cm³/mol. The Bertz CT molecular complexity index is 823. The number of benzene rings is 1. The lowest BCUT2D eigenvalue weighted by Gasteiger charge is -2.27. The summed E-state index contributed by atoms with van der Waals surface area (Å²) in [7, 11) is 1.87. The summed E-state index contributed by atoms with van der Waals surface area (Å²) in [5.74, 6) is 0.365. The maximum Gasteiger partial charge on any atom is 0.309 e. The molecule has 1 fully saturated rings. The number of esters is 1. The third-order valence-corrected chi connectivity index (χ3v) is 5.31. The summed E-state index contributed by atoms with van der Waals surface area (Å²) in [6.07, 6.45) is 1.64. The van der Waals surface area contributed by atoms with Crippen molar-refractivity contribution in [3.8, 4) is 11.4 Å². The molecule has 1 N–H and O–H groups in total. The van der Waals surface area contributed by atoms with E-state index in [1.54, 1.807) is 12.1 Å². The van der Waals surface area contributed by atoms with Crippen molar-refractivity contribution in [3.05, 3.63) is 34.9 Å². The van der Waals surface area contributed by atoms with Gasteiger partial charge in [0.2, 0.25) is 4.77 Å². The van der Waals surface area contributed by atoms with E-state index in [4.69, 9.17) is 17.0 Å². The Balaban J connectivity index is 1.68. The van der Waals surface area contributed by atoms with Crippen molar-refractivity contribution < 1.29 is 18.8 Å². The number of nitrogens with zero attached hydrogens (tertiary/aromatic N) is 3. The lowest BCUT2D eigenvalue weighted by atomic mass is 9.97. The fourth-order valence-corrected chi connectivity index (χ4v) is 3.52. The number of nitrogens with one attached hydrogen (secondary N) is 1. The molecule has 8 heteroatoms. The van der Waals surface area contributed by atoms with Gasteiger partial charge in [-0.1, -0.05) is 0 Å². The average Bonchev–Trinajstić information content (AvgIpc) is 2.92. The van der Waals surface area contributed by atoms with Crippen LogP contribution in [0.1, 0.15) is 19.8 Å². The first-order valence-corrected chi connectivity index (χ1v) is 9.30. The summed E-state index contributed by atoms with van der Waals surface area (Å²) >= 11 is 5.51. The first-order valence-electron chi connectivity index (χ1n) is 8.89. The second-order valence-corrected chi connectivity index (χ2v) is 6.97. The monoisotopic (exact) mass is 379 g/mol. The molecular formula is C18H24FN4O2S+. The van der Waals surface area contributed by atoms with Crippen molar-refractivity contribution in [3.63, 3.8) is 0 Å². The zero-order valence-corrected chi connectivity index (χ0v) is 15.9. The molecule has 2 heterocycles. The first kappa shape index (κ1) is 18.7. The van der Waals surface area contributed by atoms with Gasteiger partial charge in [-0.3, -0.25) is 4.79 Å². The number of rotatable bonds is 5. The fourth-order valence-electron chi connectivity index (χ4n) is 3.33. The normalized spacial score (nSPS) is 20.1. The first-order chi connectivity index (χ1) is 12.5. The molecule has 1 aliphatic rings. The van der Waals surface area contributed by atoms with Gasteiger partial charge in [0.25, 0.3) is 0 Å². The topological polar surface area (TPSA) is 53.5 Å². The van der Waals surface area contributed by atoms with Gasteiger partial charge in [-0.05, 0) is 43.4 Å². The Hall–Kier alpha value is -2.06. The molecule has 1 aromatic carbocycles. The molecule has 3 rings (SSSR count). The van der Waals surface area contributed by atoms with E-state index in [1.807, 2.05) is 23.2 Å². The number of piperidine rings is 1. The van der Waals surface area contributed by atoms with E-state index >= 15 is 0 Å². The number of carbonyl (C=O) groups is 1. The molecule has 6 nitrogen and oxygen atoms in total. The molecule has 0 atom stereocenters. The van der Waals surface area contributed by atoms with Crippen LogP contribution in [0.3, 0.4) is 0 Å². The molecule has 1 saturated heterocycles. The molecule has 0 radical (unpaired) electrons. The molecule has 1 aliphatic heterocycles. The molecular weight excluding hydrogens is 355 g/mol. The van der Waals surface area contributed by atoms with Crippen LogP contribution in [0.15, 0.2) is 24.3 Å². The van der Waals surface area contributed by atoms with Crippen molar-refractivity contribution in [1.82, 2.24) is 14.3 Å². The van der Waals surface area contributed by atoms with Gasteiger partial charge in [-0.2, -0.15) is 4.68 Å². The van der Waals surface area contributed by atoms with Crippen LogP contribution in [-0.4, -0.2) is 40.0 Å². The highest BCUT2D eigenvalue weighted by Gasteiger charge is 2.29. The van der Waals surface area contributed by atoms with E-state index in [2.05, 4.69) is 5.10 Å². The Kier molecular flexibility index (Phi) is 5.83. The third-order valence-electron chi connectivity index (χ3n) is 4.83. The van der Waals surface area contributed by atoms with Gasteiger partial charge in [0.1, 0.15) is 5.82 Å². The van der Waals surface area contributed by atoms with Crippen LogP contribution in [0.25, 0.3) is 11.4 Å². The number of hydrogen-bond acceptors (Lipinski definition) is 4.